The van der Waals surface area contributed by atoms with Gasteiger partial charge in [-0.15, -0.1) is 0 Å². The van der Waals surface area contributed by atoms with Crippen LogP contribution in [-0.4, -0.2) is 32.2 Å². The predicted molar refractivity (Wildman–Crippen MR) is 44.5 cm³/mol. The molecule has 0 spiro atoms. The zero-order valence-electron chi connectivity index (χ0n) is 6.87. The minimum Gasteiger partial charge on any atom is -0.450 e. The molecule has 0 aliphatic heterocycles. The van der Waals surface area contributed by atoms with Crippen LogP contribution in [0.15, 0.2) is 0 Å². The van der Waals surface area contributed by atoms with Crippen LogP contribution in [0.2, 0.25) is 0 Å². The molecule has 0 aromatic carbocycles. The van der Waals surface area contributed by atoms with E-state index in [0.717, 1.165) is 0 Å². The van der Waals surface area contributed by atoms with Gasteiger partial charge >= 0.3 is 6.09 Å². The van der Waals surface area contributed by atoms with Gasteiger partial charge < -0.3 is 15.0 Å². The van der Waals surface area contributed by atoms with E-state index in [1.807, 2.05) is 0 Å². The topological polar surface area (TPSA) is 69.4 Å². The molecule has 0 heterocycles. The van der Waals surface area contributed by atoms with E-state index in [0.29, 0.717) is 12.6 Å². The number of hydrogen-bond acceptors (Lipinski definition) is 3. The van der Waals surface area contributed by atoms with Crippen molar-refractivity contribution >= 4 is 13.2 Å². The van der Waals surface area contributed by atoms with Crippen LogP contribution in [0.4, 0.5) is 4.79 Å². The minimum atomic E-state index is -1.96. The molecular formula is C6H14NO3P. The fourth-order valence-electron chi connectivity index (χ4n) is 0.618. The molecular weight excluding hydrogens is 165 g/mol. The summed E-state index contributed by atoms with van der Waals surface area (Å²) in [6.45, 7) is 3.68. The van der Waals surface area contributed by atoms with Crippen molar-refractivity contribution in [3.05, 3.63) is 0 Å². The van der Waals surface area contributed by atoms with Gasteiger partial charge in [0.2, 0.25) is 0 Å². The summed E-state index contributed by atoms with van der Waals surface area (Å²) in [6.07, 6.45) is 0.445. The maximum atomic E-state index is 11.1. The van der Waals surface area contributed by atoms with Crippen LogP contribution in [0.1, 0.15) is 6.42 Å². The van der Waals surface area contributed by atoms with Crippen molar-refractivity contribution in [2.24, 2.45) is 5.73 Å². The summed E-state index contributed by atoms with van der Waals surface area (Å²) < 4.78 is 15.5. The fourth-order valence-corrected chi connectivity index (χ4v) is 1.51. The van der Waals surface area contributed by atoms with Gasteiger partial charge in [0.15, 0.2) is 0 Å². The summed E-state index contributed by atoms with van der Waals surface area (Å²) in [5.74, 6) is 0. The number of carbonyl (C=O) groups excluding carboxylic acids is 1. The van der Waals surface area contributed by atoms with Crippen molar-refractivity contribution in [3.8, 4) is 0 Å². The minimum absolute atomic E-state index is 0.265. The number of nitrogens with two attached hydrogens (primary N) is 1. The van der Waals surface area contributed by atoms with Gasteiger partial charge in [-0.2, -0.15) is 0 Å². The van der Waals surface area contributed by atoms with E-state index in [9.17, 15) is 9.36 Å². The zero-order valence-corrected chi connectivity index (χ0v) is 7.77. The van der Waals surface area contributed by atoms with E-state index in [2.05, 4.69) is 4.74 Å². The van der Waals surface area contributed by atoms with Crippen LogP contribution in [-0.2, 0) is 9.30 Å². The molecule has 4 nitrogen and oxygen atoms in total. The Balaban J connectivity index is 3.29. The second-order valence-corrected chi connectivity index (χ2v) is 6.41. The van der Waals surface area contributed by atoms with E-state index in [1.54, 1.807) is 13.3 Å². The Labute approximate surface area is 66.5 Å². The van der Waals surface area contributed by atoms with Crippen molar-refractivity contribution < 1.29 is 14.1 Å². The third kappa shape index (κ3) is 9.50. The number of hydrogen-bond donors (Lipinski definition) is 1. The molecule has 66 valence electrons. The summed E-state index contributed by atoms with van der Waals surface area (Å²) in [6, 6.07) is 0. The number of primary amides is 1. The van der Waals surface area contributed by atoms with E-state index >= 15 is 0 Å². The molecule has 0 rings (SSSR count). The lowest BCUT2D eigenvalue weighted by Gasteiger charge is -2.05. The molecule has 5 heteroatoms. The first-order valence-electron chi connectivity index (χ1n) is 3.38. The Morgan fingerprint density at radius 2 is 2.09 bits per heavy atom. The first-order chi connectivity index (χ1) is 4.92. The lowest BCUT2D eigenvalue weighted by Crippen LogP contribution is -2.14. The molecule has 0 aliphatic carbocycles. The van der Waals surface area contributed by atoms with Crippen molar-refractivity contribution in [1.82, 2.24) is 0 Å². The molecule has 0 aromatic rings. The number of amides is 1. The third-order valence-corrected chi connectivity index (χ3v) is 2.48. The number of rotatable bonds is 4. The molecule has 0 saturated carbocycles. The summed E-state index contributed by atoms with van der Waals surface area (Å²) in [7, 11) is -1.96. The maximum absolute atomic E-state index is 11.1. The molecule has 2 N–H and O–H groups in total. The number of carbonyl (C=O) groups is 1. The highest BCUT2D eigenvalue weighted by atomic mass is 31.2. The molecule has 1 amide bonds. The van der Waals surface area contributed by atoms with Crippen LogP contribution in [0.25, 0.3) is 0 Å². The lowest BCUT2D eigenvalue weighted by atomic mass is 10.5. The van der Waals surface area contributed by atoms with Gasteiger partial charge in [-0.3, -0.25) is 0 Å². The summed E-state index contributed by atoms with van der Waals surface area (Å²) in [4.78, 5) is 10.1. The van der Waals surface area contributed by atoms with Crippen LogP contribution in [0.3, 0.4) is 0 Å². The normalized spacial score (nSPS) is 11.1. The van der Waals surface area contributed by atoms with Crippen LogP contribution >= 0.6 is 7.14 Å². The monoisotopic (exact) mass is 179 g/mol. The third-order valence-electron chi connectivity index (χ3n) is 1.09. The van der Waals surface area contributed by atoms with E-state index in [4.69, 9.17) is 5.73 Å². The van der Waals surface area contributed by atoms with E-state index < -0.39 is 13.2 Å². The molecule has 0 radical (unpaired) electrons. The van der Waals surface area contributed by atoms with Gasteiger partial charge in [-0.25, -0.2) is 4.79 Å². The molecule has 0 aromatic heterocycles. The molecule has 0 aliphatic rings. The Bertz CT molecular complexity index is 175. The highest BCUT2D eigenvalue weighted by molar-refractivity contribution is 7.62. The molecule has 0 fully saturated rings. The quantitative estimate of drug-likeness (QED) is 0.518. The van der Waals surface area contributed by atoms with E-state index in [1.165, 1.54) is 0 Å². The zero-order chi connectivity index (χ0) is 8.91. The molecule has 0 bridgehead atoms. The van der Waals surface area contributed by atoms with E-state index in [-0.39, 0.29) is 6.61 Å². The van der Waals surface area contributed by atoms with Crippen molar-refractivity contribution in [2.45, 2.75) is 6.42 Å². The van der Waals surface area contributed by atoms with Gasteiger partial charge in [-0.05, 0) is 19.8 Å². The van der Waals surface area contributed by atoms with Crippen molar-refractivity contribution in [2.75, 3.05) is 26.1 Å². The molecule has 0 saturated heterocycles. The summed E-state index contributed by atoms with van der Waals surface area (Å²) in [5.41, 5.74) is 4.71. The largest absolute Gasteiger partial charge is 0.450 e. The molecule has 0 atom stereocenters. The Kier molecular flexibility index (Phi) is 4.19. The Morgan fingerprint density at radius 3 is 2.45 bits per heavy atom. The first-order valence-corrected chi connectivity index (χ1v) is 6.17. The second-order valence-electron chi connectivity index (χ2n) is 2.82. The highest BCUT2D eigenvalue weighted by Gasteiger charge is 2.06. The smallest absolute Gasteiger partial charge is 0.404 e. The average Bonchev–Trinajstić information content (AvgIpc) is 1.78. The molecule has 0 unspecified atom stereocenters. The molecule has 11 heavy (non-hydrogen) atoms. The SMILES string of the molecule is CP(C)(=O)CCCOC(N)=O. The fraction of sp³-hybridized carbons (Fsp3) is 0.833. The van der Waals surface area contributed by atoms with Gasteiger partial charge in [0.1, 0.15) is 0 Å². The van der Waals surface area contributed by atoms with Gasteiger partial charge in [0.05, 0.1) is 13.7 Å². The first kappa shape index (κ1) is 10.5. The van der Waals surface area contributed by atoms with Gasteiger partial charge in [0, 0.05) is 6.16 Å². The van der Waals surface area contributed by atoms with Crippen LogP contribution < -0.4 is 5.73 Å². The second kappa shape index (κ2) is 4.39. The van der Waals surface area contributed by atoms with Crippen molar-refractivity contribution in [3.63, 3.8) is 0 Å². The summed E-state index contributed by atoms with van der Waals surface area (Å²) in [5, 5.41) is 0. The highest BCUT2D eigenvalue weighted by Crippen LogP contribution is 2.36. The van der Waals surface area contributed by atoms with Gasteiger partial charge in [-0.1, -0.05) is 0 Å². The van der Waals surface area contributed by atoms with Crippen LogP contribution in [0, 0.1) is 0 Å². The van der Waals surface area contributed by atoms with Crippen molar-refractivity contribution in [1.29, 1.82) is 0 Å². The van der Waals surface area contributed by atoms with Crippen LogP contribution in [0.5, 0.6) is 0 Å². The predicted octanol–water partition coefficient (Wildman–Crippen LogP) is 1.09. The maximum Gasteiger partial charge on any atom is 0.404 e. The Morgan fingerprint density at radius 1 is 1.55 bits per heavy atom. The number of ether oxygens (including phenoxy) is 1. The van der Waals surface area contributed by atoms with Gasteiger partial charge in [0.25, 0.3) is 0 Å². The Hall–Kier alpha value is -0.500. The lowest BCUT2D eigenvalue weighted by molar-refractivity contribution is 0.157. The standard InChI is InChI=1S/C6H14NO3P/c1-11(2,9)5-3-4-10-6(7)8/h3-5H2,1-2H3,(H2,7,8). The summed E-state index contributed by atoms with van der Waals surface area (Å²) >= 11 is 0. The average molecular weight is 179 g/mol.